The van der Waals surface area contributed by atoms with Crippen LogP contribution in [0.3, 0.4) is 0 Å². The zero-order valence-corrected chi connectivity index (χ0v) is 8.76. The van der Waals surface area contributed by atoms with E-state index in [9.17, 15) is 8.42 Å². The number of para-hydroxylation sites is 1. The lowest BCUT2D eigenvalue weighted by Gasteiger charge is -2.00. The minimum Gasteiger partial charge on any atom is -0.495 e. The highest BCUT2D eigenvalue weighted by atomic mass is 32.2. The summed E-state index contributed by atoms with van der Waals surface area (Å²) in [6.45, 7) is 0. The van der Waals surface area contributed by atoms with Crippen LogP contribution in [0.15, 0.2) is 24.3 Å². The SMILES string of the molecule is COc1ccccc1C#CS(C)(=O)=O. The van der Waals surface area contributed by atoms with Gasteiger partial charge in [0.2, 0.25) is 9.84 Å². The Bertz CT molecular complexity index is 478. The fraction of sp³-hybridized carbons (Fsp3) is 0.200. The second-order valence-corrected chi connectivity index (χ2v) is 4.45. The molecule has 0 atom stereocenters. The summed E-state index contributed by atoms with van der Waals surface area (Å²) in [7, 11) is -1.75. The molecule has 0 fully saturated rings. The third-order valence-corrected chi connectivity index (χ3v) is 1.95. The minimum absolute atomic E-state index is 0.570. The van der Waals surface area contributed by atoms with Crippen LogP contribution in [-0.2, 0) is 9.84 Å². The molecule has 1 aromatic carbocycles. The molecular formula is C10H10O3S. The van der Waals surface area contributed by atoms with Gasteiger partial charge in [-0.25, -0.2) is 8.42 Å². The van der Waals surface area contributed by atoms with Crippen LogP contribution < -0.4 is 4.74 Å². The van der Waals surface area contributed by atoms with E-state index < -0.39 is 9.84 Å². The van der Waals surface area contributed by atoms with E-state index >= 15 is 0 Å². The van der Waals surface area contributed by atoms with Crippen LogP contribution in [0, 0.1) is 11.2 Å². The Morgan fingerprint density at radius 3 is 2.50 bits per heavy atom. The molecule has 0 aliphatic heterocycles. The third kappa shape index (κ3) is 3.11. The largest absolute Gasteiger partial charge is 0.495 e. The van der Waals surface area contributed by atoms with E-state index in [4.69, 9.17) is 4.74 Å². The van der Waals surface area contributed by atoms with E-state index in [1.165, 1.54) is 7.11 Å². The molecule has 1 aromatic rings. The summed E-state index contributed by atoms with van der Waals surface area (Å²) in [6.07, 6.45) is 1.06. The third-order valence-electron chi connectivity index (χ3n) is 1.48. The van der Waals surface area contributed by atoms with Crippen LogP contribution in [0.5, 0.6) is 5.75 Å². The molecule has 0 amide bonds. The number of benzene rings is 1. The maximum Gasteiger partial charge on any atom is 0.214 e. The summed E-state index contributed by atoms with van der Waals surface area (Å²) in [5.74, 6) is 3.11. The van der Waals surface area contributed by atoms with Gasteiger partial charge in [0.1, 0.15) is 5.75 Å². The molecule has 0 bridgehead atoms. The Morgan fingerprint density at radius 2 is 1.93 bits per heavy atom. The first-order chi connectivity index (χ1) is 6.53. The molecule has 3 nitrogen and oxygen atoms in total. The van der Waals surface area contributed by atoms with Gasteiger partial charge in [-0.15, -0.1) is 0 Å². The van der Waals surface area contributed by atoms with Gasteiger partial charge in [-0.2, -0.15) is 0 Å². The van der Waals surface area contributed by atoms with Crippen molar-refractivity contribution in [3.05, 3.63) is 29.8 Å². The van der Waals surface area contributed by atoms with Crippen molar-refractivity contribution in [3.8, 4) is 16.9 Å². The van der Waals surface area contributed by atoms with Crippen LogP contribution in [0.2, 0.25) is 0 Å². The molecule has 0 unspecified atom stereocenters. The second-order valence-electron chi connectivity index (χ2n) is 2.70. The maximum absolute atomic E-state index is 10.8. The molecule has 74 valence electrons. The summed E-state index contributed by atoms with van der Waals surface area (Å²) in [4.78, 5) is 0. The van der Waals surface area contributed by atoms with Gasteiger partial charge in [0.25, 0.3) is 0 Å². The van der Waals surface area contributed by atoms with Crippen molar-refractivity contribution in [1.82, 2.24) is 0 Å². The van der Waals surface area contributed by atoms with Crippen molar-refractivity contribution in [2.45, 2.75) is 0 Å². The molecule has 0 saturated heterocycles. The smallest absolute Gasteiger partial charge is 0.214 e. The molecule has 0 N–H and O–H groups in total. The van der Waals surface area contributed by atoms with Gasteiger partial charge >= 0.3 is 0 Å². The van der Waals surface area contributed by atoms with Crippen LogP contribution in [0.25, 0.3) is 0 Å². The summed E-state index contributed by atoms with van der Waals surface area (Å²) in [5.41, 5.74) is 0.570. The average Bonchev–Trinajstić information content (AvgIpc) is 2.14. The van der Waals surface area contributed by atoms with Gasteiger partial charge in [0, 0.05) is 5.25 Å². The first-order valence-corrected chi connectivity index (χ1v) is 5.78. The highest BCUT2D eigenvalue weighted by molar-refractivity contribution is 7.95. The Balaban J connectivity index is 3.13. The van der Waals surface area contributed by atoms with Crippen molar-refractivity contribution in [1.29, 1.82) is 0 Å². The molecule has 1 rings (SSSR count). The standard InChI is InChI=1S/C10H10O3S/c1-13-10-6-4-3-5-9(10)7-8-14(2,11)12/h3-6H,1-2H3. The molecule has 0 aromatic heterocycles. The van der Waals surface area contributed by atoms with Crippen molar-refractivity contribution in [2.24, 2.45) is 0 Å². The number of methoxy groups -OCH3 is 1. The summed E-state index contributed by atoms with van der Waals surface area (Å²) in [5, 5.41) is 2.16. The van der Waals surface area contributed by atoms with Crippen LogP contribution >= 0.6 is 0 Å². The molecule has 0 spiro atoms. The lowest BCUT2D eigenvalue weighted by Crippen LogP contribution is -1.91. The number of sulfone groups is 1. The Hall–Kier alpha value is -1.47. The molecule has 4 heteroatoms. The molecule has 0 heterocycles. The Kier molecular flexibility index (Phi) is 3.15. The van der Waals surface area contributed by atoms with E-state index in [0.29, 0.717) is 11.3 Å². The van der Waals surface area contributed by atoms with Gasteiger partial charge < -0.3 is 4.74 Å². The Morgan fingerprint density at radius 1 is 1.29 bits per heavy atom. The first kappa shape index (κ1) is 10.6. The number of rotatable bonds is 1. The van der Waals surface area contributed by atoms with Gasteiger partial charge in [0.15, 0.2) is 0 Å². The van der Waals surface area contributed by atoms with Crippen LogP contribution in [0.4, 0.5) is 0 Å². The quantitative estimate of drug-likeness (QED) is 0.651. The number of hydrogen-bond donors (Lipinski definition) is 0. The zero-order valence-electron chi connectivity index (χ0n) is 7.94. The lowest BCUT2D eigenvalue weighted by atomic mass is 10.2. The van der Waals surface area contributed by atoms with Crippen molar-refractivity contribution in [2.75, 3.05) is 13.4 Å². The molecular weight excluding hydrogens is 200 g/mol. The average molecular weight is 210 g/mol. The second kappa shape index (κ2) is 4.16. The summed E-state index contributed by atoms with van der Waals surface area (Å²) in [6, 6.07) is 7.00. The van der Waals surface area contributed by atoms with Crippen LogP contribution in [0.1, 0.15) is 5.56 Å². The number of ether oxygens (including phenoxy) is 1. The van der Waals surface area contributed by atoms with Crippen molar-refractivity contribution in [3.63, 3.8) is 0 Å². The predicted octanol–water partition coefficient (Wildman–Crippen LogP) is 1.05. The summed E-state index contributed by atoms with van der Waals surface area (Å²) >= 11 is 0. The molecule has 0 radical (unpaired) electrons. The minimum atomic E-state index is -3.26. The highest BCUT2D eigenvalue weighted by Gasteiger charge is 1.98. The van der Waals surface area contributed by atoms with Crippen molar-refractivity contribution >= 4 is 9.84 Å². The van der Waals surface area contributed by atoms with E-state index in [-0.39, 0.29) is 0 Å². The van der Waals surface area contributed by atoms with Crippen LogP contribution in [-0.4, -0.2) is 21.8 Å². The topological polar surface area (TPSA) is 43.4 Å². The normalized spacial score (nSPS) is 10.1. The van der Waals surface area contributed by atoms with Gasteiger partial charge in [-0.3, -0.25) is 0 Å². The van der Waals surface area contributed by atoms with Gasteiger partial charge in [0.05, 0.1) is 18.9 Å². The fourth-order valence-corrected chi connectivity index (χ4v) is 1.19. The van der Waals surface area contributed by atoms with E-state index in [2.05, 4.69) is 11.2 Å². The monoisotopic (exact) mass is 210 g/mol. The number of hydrogen-bond acceptors (Lipinski definition) is 3. The van der Waals surface area contributed by atoms with Gasteiger partial charge in [-0.1, -0.05) is 12.1 Å². The predicted molar refractivity (Wildman–Crippen MR) is 54.7 cm³/mol. The van der Waals surface area contributed by atoms with E-state index in [1.807, 2.05) is 0 Å². The first-order valence-electron chi connectivity index (χ1n) is 3.89. The summed E-state index contributed by atoms with van der Waals surface area (Å²) < 4.78 is 26.6. The van der Waals surface area contributed by atoms with E-state index in [1.54, 1.807) is 24.3 Å². The maximum atomic E-state index is 10.8. The van der Waals surface area contributed by atoms with Crippen molar-refractivity contribution < 1.29 is 13.2 Å². The highest BCUT2D eigenvalue weighted by Crippen LogP contribution is 2.15. The lowest BCUT2D eigenvalue weighted by molar-refractivity contribution is 0.413. The fourth-order valence-electron chi connectivity index (χ4n) is 0.896. The zero-order chi connectivity index (χ0) is 10.6. The Labute approximate surface area is 83.6 Å². The molecule has 0 saturated carbocycles. The van der Waals surface area contributed by atoms with E-state index in [0.717, 1.165) is 6.26 Å². The molecule has 0 aliphatic rings. The molecule has 0 aliphatic carbocycles. The van der Waals surface area contributed by atoms with Gasteiger partial charge in [-0.05, 0) is 18.1 Å². The molecule has 14 heavy (non-hydrogen) atoms.